The van der Waals surface area contributed by atoms with Gasteiger partial charge in [-0.2, -0.15) is 5.26 Å². The van der Waals surface area contributed by atoms with Gasteiger partial charge in [-0.25, -0.2) is 0 Å². The third-order valence-electron chi connectivity index (χ3n) is 2.73. The van der Waals surface area contributed by atoms with E-state index in [9.17, 15) is 0 Å². The molecule has 0 unspecified atom stereocenters. The molecule has 1 heterocycles. The van der Waals surface area contributed by atoms with Gasteiger partial charge >= 0.3 is 0 Å². The van der Waals surface area contributed by atoms with Crippen molar-refractivity contribution < 1.29 is 0 Å². The Labute approximate surface area is 90.3 Å². The third kappa shape index (κ3) is 2.11. The zero-order chi connectivity index (χ0) is 10.7. The lowest BCUT2D eigenvalue weighted by atomic mass is 10.1. The van der Waals surface area contributed by atoms with Crippen LogP contribution in [0.1, 0.15) is 11.1 Å². The van der Waals surface area contributed by atoms with Gasteiger partial charge in [-0.1, -0.05) is 6.07 Å². The van der Waals surface area contributed by atoms with E-state index >= 15 is 0 Å². The quantitative estimate of drug-likeness (QED) is 0.744. The van der Waals surface area contributed by atoms with Gasteiger partial charge in [-0.15, -0.1) is 0 Å². The second-order valence-electron chi connectivity index (χ2n) is 3.87. The highest BCUT2D eigenvalue weighted by Gasteiger charge is 2.13. The molecular weight excluding hydrogens is 186 g/mol. The van der Waals surface area contributed by atoms with Crippen LogP contribution in [0, 0.1) is 18.3 Å². The molecule has 0 amide bonds. The van der Waals surface area contributed by atoms with Gasteiger partial charge in [0.15, 0.2) is 0 Å². The molecule has 1 saturated heterocycles. The Bertz CT molecular complexity index is 386. The molecule has 1 aromatic carbocycles. The average molecular weight is 201 g/mol. The van der Waals surface area contributed by atoms with E-state index in [2.05, 4.69) is 28.4 Å². The minimum absolute atomic E-state index is 0.789. The standard InChI is InChI=1S/C12H15N3/c1-10-2-3-12(11(8-10)9-13)15-6-4-14-5-7-15/h2-3,8,14H,4-7H2,1H3. The van der Waals surface area contributed by atoms with E-state index in [1.165, 1.54) is 0 Å². The van der Waals surface area contributed by atoms with Crippen LogP contribution in [0.5, 0.6) is 0 Å². The van der Waals surface area contributed by atoms with Crippen molar-refractivity contribution in [3.05, 3.63) is 29.3 Å². The molecule has 1 N–H and O–H groups in total. The highest BCUT2D eigenvalue weighted by Crippen LogP contribution is 2.21. The summed E-state index contributed by atoms with van der Waals surface area (Å²) in [4.78, 5) is 2.27. The number of piperazine rings is 1. The molecule has 0 bridgehead atoms. The summed E-state index contributed by atoms with van der Waals surface area (Å²) < 4.78 is 0. The van der Waals surface area contributed by atoms with Gasteiger partial charge in [-0.3, -0.25) is 0 Å². The van der Waals surface area contributed by atoms with E-state index in [4.69, 9.17) is 5.26 Å². The van der Waals surface area contributed by atoms with Crippen LogP contribution in [0.3, 0.4) is 0 Å². The first-order valence-corrected chi connectivity index (χ1v) is 5.27. The van der Waals surface area contributed by atoms with Crippen LogP contribution < -0.4 is 10.2 Å². The molecule has 15 heavy (non-hydrogen) atoms. The van der Waals surface area contributed by atoms with E-state index in [-0.39, 0.29) is 0 Å². The van der Waals surface area contributed by atoms with Crippen LogP contribution in [-0.4, -0.2) is 26.2 Å². The summed E-state index contributed by atoms with van der Waals surface area (Å²) in [6.07, 6.45) is 0. The Hall–Kier alpha value is -1.53. The van der Waals surface area contributed by atoms with Crippen molar-refractivity contribution in [2.75, 3.05) is 31.1 Å². The molecule has 0 atom stereocenters. The zero-order valence-electron chi connectivity index (χ0n) is 8.95. The maximum atomic E-state index is 9.08. The number of aryl methyl sites for hydroxylation is 1. The fraction of sp³-hybridized carbons (Fsp3) is 0.417. The predicted molar refractivity (Wildman–Crippen MR) is 61.0 cm³/mol. The van der Waals surface area contributed by atoms with E-state index in [0.29, 0.717) is 0 Å². The summed E-state index contributed by atoms with van der Waals surface area (Å²) in [6.45, 7) is 5.98. The maximum Gasteiger partial charge on any atom is 0.101 e. The fourth-order valence-corrected chi connectivity index (χ4v) is 1.92. The molecule has 0 saturated carbocycles. The lowest BCUT2D eigenvalue weighted by Gasteiger charge is -2.30. The van der Waals surface area contributed by atoms with Crippen molar-refractivity contribution >= 4 is 5.69 Å². The molecule has 0 spiro atoms. The maximum absolute atomic E-state index is 9.08. The summed E-state index contributed by atoms with van der Waals surface area (Å²) in [5, 5.41) is 12.4. The van der Waals surface area contributed by atoms with Gasteiger partial charge in [0.1, 0.15) is 6.07 Å². The zero-order valence-corrected chi connectivity index (χ0v) is 8.95. The number of rotatable bonds is 1. The number of benzene rings is 1. The average Bonchev–Trinajstić information content (AvgIpc) is 2.30. The molecule has 0 aromatic heterocycles. The van der Waals surface area contributed by atoms with E-state index in [1.54, 1.807) is 0 Å². The van der Waals surface area contributed by atoms with Crippen LogP contribution in [0.15, 0.2) is 18.2 Å². The van der Waals surface area contributed by atoms with Crippen LogP contribution >= 0.6 is 0 Å². The monoisotopic (exact) mass is 201 g/mol. The summed E-state index contributed by atoms with van der Waals surface area (Å²) >= 11 is 0. The number of anilines is 1. The highest BCUT2D eigenvalue weighted by atomic mass is 15.2. The Morgan fingerprint density at radius 2 is 2.07 bits per heavy atom. The van der Waals surface area contributed by atoms with Crippen molar-refractivity contribution in [2.24, 2.45) is 0 Å². The first-order chi connectivity index (χ1) is 7.31. The summed E-state index contributed by atoms with van der Waals surface area (Å²) in [5.74, 6) is 0. The van der Waals surface area contributed by atoms with Gasteiger partial charge in [-0.05, 0) is 24.6 Å². The Morgan fingerprint density at radius 3 is 2.73 bits per heavy atom. The van der Waals surface area contributed by atoms with Crippen LogP contribution in [0.25, 0.3) is 0 Å². The van der Waals surface area contributed by atoms with E-state index in [1.807, 2.05) is 13.0 Å². The number of hydrogen-bond donors (Lipinski definition) is 1. The second-order valence-corrected chi connectivity index (χ2v) is 3.87. The highest BCUT2D eigenvalue weighted by molar-refractivity contribution is 5.60. The SMILES string of the molecule is Cc1ccc(N2CCNCC2)c(C#N)c1. The Balaban J connectivity index is 2.30. The molecule has 3 nitrogen and oxygen atoms in total. The number of hydrogen-bond acceptors (Lipinski definition) is 3. The summed E-state index contributed by atoms with van der Waals surface area (Å²) in [7, 11) is 0. The van der Waals surface area contributed by atoms with Gasteiger partial charge < -0.3 is 10.2 Å². The summed E-state index contributed by atoms with van der Waals surface area (Å²) in [5.41, 5.74) is 3.01. The number of nitrogens with one attached hydrogen (secondary N) is 1. The van der Waals surface area contributed by atoms with Gasteiger partial charge in [0.25, 0.3) is 0 Å². The Morgan fingerprint density at radius 1 is 1.33 bits per heavy atom. The smallest absolute Gasteiger partial charge is 0.101 e. The largest absolute Gasteiger partial charge is 0.368 e. The normalized spacial score (nSPS) is 16.1. The van der Waals surface area contributed by atoms with Crippen molar-refractivity contribution in [1.82, 2.24) is 5.32 Å². The van der Waals surface area contributed by atoms with Crippen LogP contribution in [-0.2, 0) is 0 Å². The van der Waals surface area contributed by atoms with Crippen molar-refractivity contribution in [3.63, 3.8) is 0 Å². The minimum Gasteiger partial charge on any atom is -0.368 e. The number of nitrogens with zero attached hydrogens (tertiary/aromatic N) is 2. The molecule has 3 heteroatoms. The summed E-state index contributed by atoms with van der Waals surface area (Å²) in [6, 6.07) is 8.35. The first kappa shape index (κ1) is 10.0. The van der Waals surface area contributed by atoms with Gasteiger partial charge in [0.2, 0.25) is 0 Å². The number of nitriles is 1. The van der Waals surface area contributed by atoms with E-state index < -0.39 is 0 Å². The molecule has 0 aliphatic carbocycles. The van der Waals surface area contributed by atoms with Gasteiger partial charge in [0, 0.05) is 26.2 Å². The molecule has 0 radical (unpaired) electrons. The molecule has 78 valence electrons. The van der Waals surface area contributed by atoms with Crippen molar-refractivity contribution in [2.45, 2.75) is 6.92 Å². The lowest BCUT2D eigenvalue weighted by molar-refractivity contribution is 0.589. The molecule has 1 fully saturated rings. The molecular formula is C12H15N3. The fourth-order valence-electron chi connectivity index (χ4n) is 1.92. The molecule has 1 aliphatic rings. The molecule has 2 rings (SSSR count). The lowest BCUT2D eigenvalue weighted by Crippen LogP contribution is -2.43. The van der Waals surface area contributed by atoms with Crippen LogP contribution in [0.4, 0.5) is 5.69 Å². The Kier molecular flexibility index (Phi) is 2.89. The third-order valence-corrected chi connectivity index (χ3v) is 2.73. The minimum atomic E-state index is 0.789. The van der Waals surface area contributed by atoms with Gasteiger partial charge in [0.05, 0.1) is 11.3 Å². The molecule has 1 aliphatic heterocycles. The van der Waals surface area contributed by atoms with Crippen LogP contribution in [0.2, 0.25) is 0 Å². The van der Waals surface area contributed by atoms with Crippen molar-refractivity contribution in [3.8, 4) is 6.07 Å². The van der Waals surface area contributed by atoms with E-state index in [0.717, 1.165) is 43.0 Å². The predicted octanol–water partition coefficient (Wildman–Crippen LogP) is 1.28. The topological polar surface area (TPSA) is 39.1 Å². The molecule has 1 aromatic rings. The first-order valence-electron chi connectivity index (χ1n) is 5.27. The van der Waals surface area contributed by atoms with Crippen molar-refractivity contribution in [1.29, 1.82) is 5.26 Å². The second kappa shape index (κ2) is 4.33.